The van der Waals surface area contributed by atoms with E-state index in [1.54, 1.807) is 49.4 Å². The highest BCUT2D eigenvalue weighted by atomic mass is 32.2. The zero-order valence-corrected chi connectivity index (χ0v) is 16.2. The number of sulfonamides is 1. The van der Waals surface area contributed by atoms with Crippen molar-refractivity contribution in [3.05, 3.63) is 64.7 Å². The fraction of sp³-hybridized carbons (Fsp3) is 0.250. The summed E-state index contributed by atoms with van der Waals surface area (Å²) in [5.41, 5.74) is 2.15. The summed E-state index contributed by atoms with van der Waals surface area (Å²) >= 11 is 0. The van der Waals surface area contributed by atoms with Crippen molar-refractivity contribution in [1.29, 1.82) is 0 Å². The van der Waals surface area contributed by atoms with Crippen LogP contribution in [0.2, 0.25) is 0 Å². The minimum atomic E-state index is -3.88. The maximum Gasteiger partial charge on any atom is 0.337 e. The van der Waals surface area contributed by atoms with Gasteiger partial charge in [0.25, 0.3) is 10.0 Å². The monoisotopic (exact) mass is 387 g/mol. The molecule has 0 aliphatic carbocycles. The number of rotatable bonds is 3. The van der Waals surface area contributed by atoms with Crippen LogP contribution in [0, 0.1) is 13.8 Å². The van der Waals surface area contributed by atoms with Crippen molar-refractivity contribution in [2.24, 2.45) is 0 Å². The van der Waals surface area contributed by atoms with E-state index in [-0.39, 0.29) is 29.2 Å². The topological polar surface area (TPSA) is 83.9 Å². The molecule has 1 aliphatic heterocycles. The molecule has 3 rings (SSSR count). The number of hydrogen-bond donors (Lipinski definition) is 1. The number of esters is 1. The van der Waals surface area contributed by atoms with E-state index in [0.717, 1.165) is 5.56 Å². The van der Waals surface area contributed by atoms with Crippen molar-refractivity contribution in [3.8, 4) is 0 Å². The van der Waals surface area contributed by atoms with Crippen LogP contribution in [0.5, 0.6) is 0 Å². The first-order chi connectivity index (χ1) is 12.8. The summed E-state index contributed by atoms with van der Waals surface area (Å²) < 4.78 is 32.7. The number of carbonyl (C=O) groups is 1. The van der Waals surface area contributed by atoms with Crippen LogP contribution in [0.4, 0.5) is 5.69 Å². The third-order valence-corrected chi connectivity index (χ3v) is 6.59. The fourth-order valence-electron chi connectivity index (χ4n) is 3.21. The van der Waals surface area contributed by atoms with E-state index in [1.807, 2.05) is 6.92 Å². The van der Waals surface area contributed by atoms with Gasteiger partial charge in [-0.2, -0.15) is 0 Å². The molecule has 1 aliphatic rings. The van der Waals surface area contributed by atoms with Crippen molar-refractivity contribution in [3.63, 3.8) is 0 Å². The van der Waals surface area contributed by atoms with E-state index in [2.05, 4.69) is 0 Å². The lowest BCUT2D eigenvalue weighted by atomic mass is 10.0. The predicted octanol–water partition coefficient (Wildman–Crippen LogP) is 3.34. The van der Waals surface area contributed by atoms with Crippen molar-refractivity contribution >= 4 is 27.4 Å². The minimum absolute atomic E-state index is 0.0151. The van der Waals surface area contributed by atoms with Gasteiger partial charge in [-0.25, -0.2) is 13.2 Å². The zero-order chi connectivity index (χ0) is 19.8. The van der Waals surface area contributed by atoms with E-state index >= 15 is 0 Å². The molecule has 0 radical (unpaired) electrons. The summed E-state index contributed by atoms with van der Waals surface area (Å²) in [6.45, 7) is 3.58. The number of nitrogens with zero attached hydrogens (tertiary/aromatic N) is 1. The molecule has 1 N–H and O–H groups in total. The summed E-state index contributed by atoms with van der Waals surface area (Å²) in [6, 6.07) is 11.8. The number of carbonyl (C=O) groups excluding carboxylic acids is 1. The molecule has 0 spiro atoms. The van der Waals surface area contributed by atoms with Gasteiger partial charge in [0.1, 0.15) is 5.76 Å². The van der Waals surface area contributed by atoms with E-state index in [4.69, 9.17) is 4.74 Å². The highest BCUT2D eigenvalue weighted by molar-refractivity contribution is 7.92. The second kappa shape index (κ2) is 7.08. The van der Waals surface area contributed by atoms with Crippen LogP contribution in [0.1, 0.15) is 23.1 Å². The number of benzene rings is 2. The molecule has 27 heavy (non-hydrogen) atoms. The Morgan fingerprint density at radius 3 is 2.52 bits per heavy atom. The molecule has 7 heteroatoms. The van der Waals surface area contributed by atoms with Gasteiger partial charge in [0.2, 0.25) is 0 Å². The molecule has 0 saturated heterocycles. The Balaban J connectivity index is 2.21. The molecular formula is C20H21NO5S. The Bertz CT molecular complexity index is 1040. The van der Waals surface area contributed by atoms with Gasteiger partial charge < -0.3 is 9.84 Å². The van der Waals surface area contributed by atoms with Gasteiger partial charge in [-0.1, -0.05) is 29.8 Å². The van der Waals surface area contributed by atoms with Gasteiger partial charge in [0, 0.05) is 18.5 Å². The van der Waals surface area contributed by atoms with Crippen LogP contribution in [-0.2, 0) is 19.6 Å². The molecule has 0 bridgehead atoms. The Morgan fingerprint density at radius 2 is 1.85 bits per heavy atom. The largest absolute Gasteiger partial charge is 0.507 e. The first-order valence-electron chi connectivity index (χ1n) is 8.47. The summed E-state index contributed by atoms with van der Waals surface area (Å²) in [7, 11) is -2.65. The fourth-order valence-corrected chi connectivity index (χ4v) is 4.92. The molecule has 142 valence electrons. The van der Waals surface area contributed by atoms with Crippen molar-refractivity contribution in [2.45, 2.75) is 25.2 Å². The molecule has 2 aromatic carbocycles. The number of aliphatic hydroxyl groups excluding tert-OH is 1. The molecule has 0 aromatic heterocycles. The third kappa shape index (κ3) is 3.30. The van der Waals surface area contributed by atoms with E-state index in [9.17, 15) is 18.3 Å². The highest BCUT2D eigenvalue weighted by Gasteiger charge is 2.33. The number of methoxy groups -OCH3 is 1. The number of hydrogen-bond acceptors (Lipinski definition) is 5. The maximum atomic E-state index is 13.4. The van der Waals surface area contributed by atoms with Gasteiger partial charge in [0.05, 0.1) is 23.3 Å². The van der Waals surface area contributed by atoms with E-state index in [0.29, 0.717) is 16.8 Å². The summed E-state index contributed by atoms with van der Waals surface area (Å²) in [5, 5.41) is 10.7. The molecule has 6 nitrogen and oxygen atoms in total. The predicted molar refractivity (Wildman–Crippen MR) is 103 cm³/mol. The highest BCUT2D eigenvalue weighted by Crippen LogP contribution is 2.37. The van der Waals surface area contributed by atoms with Gasteiger partial charge in [-0.3, -0.25) is 4.31 Å². The second-order valence-corrected chi connectivity index (χ2v) is 8.26. The molecule has 0 fully saturated rings. The summed E-state index contributed by atoms with van der Waals surface area (Å²) in [6.07, 6.45) is 0.0390. The number of anilines is 1. The Kier molecular flexibility index (Phi) is 4.97. The SMILES string of the molecule is COC(=O)C1=C(O)c2cc(C)ccc2N(S(=O)(=O)c2ccccc2C)CC1. The van der Waals surface area contributed by atoms with Crippen molar-refractivity contribution < 1.29 is 23.1 Å². The number of aliphatic hydroxyl groups is 1. The van der Waals surface area contributed by atoms with Gasteiger partial charge >= 0.3 is 5.97 Å². The molecular weight excluding hydrogens is 366 g/mol. The second-order valence-electron chi connectivity index (χ2n) is 6.43. The smallest absolute Gasteiger partial charge is 0.337 e. The van der Waals surface area contributed by atoms with Crippen LogP contribution in [-0.4, -0.2) is 33.1 Å². The first kappa shape index (κ1) is 19.0. The lowest BCUT2D eigenvalue weighted by Gasteiger charge is -2.25. The third-order valence-electron chi connectivity index (χ3n) is 4.62. The van der Waals surface area contributed by atoms with Crippen LogP contribution >= 0.6 is 0 Å². The molecule has 0 atom stereocenters. The molecule has 0 unspecified atom stereocenters. The average Bonchev–Trinajstić information content (AvgIpc) is 2.78. The van der Waals surface area contributed by atoms with E-state index < -0.39 is 16.0 Å². The van der Waals surface area contributed by atoms with Gasteiger partial charge in [0.15, 0.2) is 0 Å². The Morgan fingerprint density at radius 1 is 1.15 bits per heavy atom. The van der Waals surface area contributed by atoms with Crippen LogP contribution in [0.15, 0.2) is 52.9 Å². The summed E-state index contributed by atoms with van der Waals surface area (Å²) in [5.74, 6) is -0.918. The van der Waals surface area contributed by atoms with Gasteiger partial charge in [-0.15, -0.1) is 0 Å². The molecule has 0 saturated carbocycles. The summed E-state index contributed by atoms with van der Waals surface area (Å²) in [4.78, 5) is 12.3. The van der Waals surface area contributed by atoms with Crippen LogP contribution in [0.25, 0.3) is 5.76 Å². The quantitative estimate of drug-likeness (QED) is 0.817. The van der Waals surface area contributed by atoms with E-state index in [1.165, 1.54) is 11.4 Å². The number of fused-ring (bicyclic) bond motifs is 1. The number of ether oxygens (including phenoxy) is 1. The minimum Gasteiger partial charge on any atom is -0.507 e. The zero-order valence-electron chi connectivity index (χ0n) is 15.4. The molecule has 1 heterocycles. The van der Waals surface area contributed by atoms with Gasteiger partial charge in [-0.05, 0) is 37.6 Å². The Labute approximate surface area is 158 Å². The van der Waals surface area contributed by atoms with Crippen LogP contribution < -0.4 is 4.31 Å². The number of aryl methyl sites for hydroxylation is 2. The van der Waals surface area contributed by atoms with Crippen molar-refractivity contribution in [1.82, 2.24) is 0 Å². The maximum absolute atomic E-state index is 13.4. The first-order valence-corrected chi connectivity index (χ1v) is 9.91. The molecule has 0 amide bonds. The average molecular weight is 387 g/mol. The normalized spacial score (nSPS) is 14.6. The standard InChI is InChI=1S/C20H21NO5S/c1-13-8-9-17-16(12-13)19(22)15(20(23)26-3)10-11-21(17)27(24,25)18-7-5-4-6-14(18)2/h4-9,12,22H,10-11H2,1-3H3. The Hall–Kier alpha value is -2.80. The lowest BCUT2D eigenvalue weighted by Crippen LogP contribution is -2.33. The molecule has 2 aromatic rings. The van der Waals surface area contributed by atoms with Crippen molar-refractivity contribution in [2.75, 3.05) is 18.0 Å². The lowest BCUT2D eigenvalue weighted by molar-refractivity contribution is -0.136. The van der Waals surface area contributed by atoms with Crippen LogP contribution in [0.3, 0.4) is 0 Å².